The van der Waals surface area contributed by atoms with Crippen molar-refractivity contribution in [3.8, 4) is 17.0 Å². The van der Waals surface area contributed by atoms with Crippen molar-refractivity contribution in [1.29, 1.82) is 0 Å². The first-order valence-electron chi connectivity index (χ1n) is 7.13. The number of aryl methyl sites for hydroxylation is 1. The van der Waals surface area contributed by atoms with Crippen molar-refractivity contribution >= 4 is 17.7 Å². The Morgan fingerprint density at radius 1 is 1.26 bits per heavy atom. The smallest absolute Gasteiger partial charge is 0.328 e. The van der Waals surface area contributed by atoms with Crippen molar-refractivity contribution < 1.29 is 14.6 Å². The Labute approximate surface area is 133 Å². The highest BCUT2D eigenvalue weighted by atomic mass is 16.5. The molecule has 5 heteroatoms. The van der Waals surface area contributed by atoms with Gasteiger partial charge in [-0.3, -0.25) is 4.40 Å². The van der Waals surface area contributed by atoms with Gasteiger partial charge in [-0.2, -0.15) is 0 Å². The summed E-state index contributed by atoms with van der Waals surface area (Å²) in [5.74, 6) is -0.232. The normalized spacial score (nSPS) is 11.2. The fourth-order valence-corrected chi connectivity index (χ4v) is 2.49. The number of hydrogen-bond acceptors (Lipinski definition) is 3. The molecule has 0 aliphatic heterocycles. The lowest BCUT2D eigenvalue weighted by Gasteiger charge is -2.03. The van der Waals surface area contributed by atoms with E-state index in [9.17, 15) is 4.79 Å². The van der Waals surface area contributed by atoms with E-state index in [0.29, 0.717) is 0 Å². The summed E-state index contributed by atoms with van der Waals surface area (Å²) in [6.07, 6.45) is 4.57. The first-order valence-corrected chi connectivity index (χ1v) is 7.13. The Kier molecular flexibility index (Phi) is 3.85. The van der Waals surface area contributed by atoms with E-state index in [-0.39, 0.29) is 0 Å². The molecular formula is C18H16N2O3. The monoisotopic (exact) mass is 308 g/mol. The fraction of sp³-hybridized carbons (Fsp3) is 0.111. The van der Waals surface area contributed by atoms with E-state index in [1.165, 1.54) is 0 Å². The zero-order valence-electron chi connectivity index (χ0n) is 12.9. The van der Waals surface area contributed by atoms with E-state index in [1.54, 1.807) is 13.2 Å². The lowest BCUT2D eigenvalue weighted by molar-refractivity contribution is -0.131. The number of pyridine rings is 1. The van der Waals surface area contributed by atoms with Gasteiger partial charge in [0, 0.05) is 17.8 Å². The molecule has 0 unspecified atom stereocenters. The average Bonchev–Trinajstić information content (AvgIpc) is 2.93. The van der Waals surface area contributed by atoms with Crippen molar-refractivity contribution in [3.05, 3.63) is 59.9 Å². The topological polar surface area (TPSA) is 63.8 Å². The number of carboxylic acids is 1. The molecular weight excluding hydrogens is 292 g/mol. The third kappa shape index (κ3) is 2.81. The molecule has 5 nitrogen and oxygen atoms in total. The van der Waals surface area contributed by atoms with Crippen molar-refractivity contribution in [1.82, 2.24) is 9.38 Å². The van der Waals surface area contributed by atoms with Crippen LogP contribution >= 0.6 is 0 Å². The number of imidazole rings is 1. The number of ether oxygens (including phenoxy) is 1. The van der Waals surface area contributed by atoms with Crippen LogP contribution in [-0.2, 0) is 4.79 Å². The second-order valence-corrected chi connectivity index (χ2v) is 5.13. The summed E-state index contributed by atoms with van der Waals surface area (Å²) in [4.78, 5) is 15.6. The molecule has 0 spiro atoms. The largest absolute Gasteiger partial charge is 0.497 e. The number of aliphatic carboxylic acids is 1. The molecule has 0 saturated heterocycles. The van der Waals surface area contributed by atoms with Crippen LogP contribution in [0.25, 0.3) is 23.0 Å². The summed E-state index contributed by atoms with van der Waals surface area (Å²) in [6, 6.07) is 11.4. The summed E-state index contributed by atoms with van der Waals surface area (Å²) in [5, 5.41) is 8.94. The molecule has 0 radical (unpaired) electrons. The highest BCUT2D eigenvalue weighted by molar-refractivity contribution is 5.87. The Bertz CT molecular complexity index is 893. The van der Waals surface area contributed by atoms with E-state index in [2.05, 4.69) is 0 Å². The third-order valence-electron chi connectivity index (χ3n) is 3.63. The van der Waals surface area contributed by atoms with Gasteiger partial charge in [0.25, 0.3) is 0 Å². The molecule has 0 bridgehead atoms. The van der Waals surface area contributed by atoms with Gasteiger partial charge in [0.2, 0.25) is 0 Å². The van der Waals surface area contributed by atoms with E-state index in [1.807, 2.05) is 53.9 Å². The van der Waals surface area contributed by atoms with Gasteiger partial charge in [0.1, 0.15) is 11.4 Å². The number of nitrogens with zero attached hydrogens (tertiary/aromatic N) is 2. The summed E-state index contributed by atoms with van der Waals surface area (Å²) in [5.41, 5.74) is 4.20. The van der Waals surface area contributed by atoms with Crippen LogP contribution in [0.4, 0.5) is 0 Å². The van der Waals surface area contributed by atoms with Crippen molar-refractivity contribution in [3.63, 3.8) is 0 Å². The molecule has 2 aromatic heterocycles. The molecule has 1 N–H and O–H groups in total. The van der Waals surface area contributed by atoms with Gasteiger partial charge < -0.3 is 9.84 Å². The van der Waals surface area contributed by atoms with Crippen LogP contribution in [0.5, 0.6) is 5.75 Å². The van der Waals surface area contributed by atoms with E-state index in [0.717, 1.165) is 40.0 Å². The van der Waals surface area contributed by atoms with Gasteiger partial charge in [0.05, 0.1) is 18.5 Å². The predicted octanol–water partition coefficient (Wildman–Crippen LogP) is 3.42. The van der Waals surface area contributed by atoms with Crippen LogP contribution in [0.1, 0.15) is 11.3 Å². The minimum atomic E-state index is -0.992. The molecule has 0 fully saturated rings. The van der Waals surface area contributed by atoms with Gasteiger partial charge in [-0.1, -0.05) is 6.07 Å². The molecule has 0 aliphatic rings. The van der Waals surface area contributed by atoms with Gasteiger partial charge in [-0.05, 0) is 48.9 Å². The van der Waals surface area contributed by atoms with Crippen LogP contribution in [0.15, 0.2) is 48.7 Å². The first-order chi connectivity index (χ1) is 11.1. The molecule has 3 aromatic rings. The standard InChI is InChI=1S/C18H16N2O3/c1-12-4-3-11-20-15(9-10-16(21)22)17(19-18(12)20)13-5-7-14(23-2)8-6-13/h3-11H,1-2H3,(H,21,22)/b10-9+. The second-order valence-electron chi connectivity index (χ2n) is 5.13. The SMILES string of the molecule is COc1ccc(-c2nc3c(C)cccn3c2/C=C/C(=O)O)cc1. The number of carboxylic acid groups (broad SMARTS) is 1. The summed E-state index contributed by atoms with van der Waals surface area (Å²) in [6.45, 7) is 1.98. The summed E-state index contributed by atoms with van der Waals surface area (Å²) < 4.78 is 7.07. The number of aromatic nitrogens is 2. The third-order valence-corrected chi connectivity index (χ3v) is 3.63. The van der Waals surface area contributed by atoms with E-state index < -0.39 is 5.97 Å². The number of carbonyl (C=O) groups is 1. The van der Waals surface area contributed by atoms with Crippen LogP contribution in [0.3, 0.4) is 0 Å². The van der Waals surface area contributed by atoms with E-state index in [4.69, 9.17) is 14.8 Å². The maximum absolute atomic E-state index is 10.9. The first kappa shape index (κ1) is 14.8. The molecule has 1 aromatic carbocycles. The highest BCUT2D eigenvalue weighted by Gasteiger charge is 2.13. The Hall–Kier alpha value is -3.08. The van der Waals surface area contributed by atoms with Gasteiger partial charge in [-0.25, -0.2) is 9.78 Å². The molecule has 0 aliphatic carbocycles. The number of methoxy groups -OCH3 is 1. The molecule has 116 valence electrons. The fourth-order valence-electron chi connectivity index (χ4n) is 2.49. The van der Waals surface area contributed by atoms with Crippen molar-refractivity contribution in [2.75, 3.05) is 7.11 Å². The number of rotatable bonds is 4. The average molecular weight is 308 g/mol. The lowest BCUT2D eigenvalue weighted by Crippen LogP contribution is -1.92. The van der Waals surface area contributed by atoms with Crippen LogP contribution < -0.4 is 4.74 Å². The minimum Gasteiger partial charge on any atom is -0.497 e. The zero-order valence-corrected chi connectivity index (χ0v) is 12.9. The second kappa shape index (κ2) is 5.96. The maximum Gasteiger partial charge on any atom is 0.328 e. The molecule has 2 heterocycles. The minimum absolute atomic E-state index is 0.733. The van der Waals surface area contributed by atoms with Crippen LogP contribution in [-0.4, -0.2) is 27.6 Å². The highest BCUT2D eigenvalue weighted by Crippen LogP contribution is 2.28. The number of benzene rings is 1. The van der Waals surface area contributed by atoms with Crippen LogP contribution in [0, 0.1) is 6.92 Å². The summed E-state index contributed by atoms with van der Waals surface area (Å²) in [7, 11) is 1.62. The van der Waals surface area contributed by atoms with Gasteiger partial charge >= 0.3 is 5.97 Å². The molecule has 23 heavy (non-hydrogen) atoms. The number of fused-ring (bicyclic) bond motifs is 1. The molecule has 3 rings (SSSR count). The lowest BCUT2D eigenvalue weighted by atomic mass is 10.1. The van der Waals surface area contributed by atoms with Crippen molar-refractivity contribution in [2.24, 2.45) is 0 Å². The Morgan fingerprint density at radius 3 is 2.65 bits per heavy atom. The Morgan fingerprint density at radius 2 is 2.00 bits per heavy atom. The zero-order chi connectivity index (χ0) is 16.4. The molecule has 0 atom stereocenters. The summed E-state index contributed by atoms with van der Waals surface area (Å²) >= 11 is 0. The van der Waals surface area contributed by atoms with Gasteiger partial charge in [0.15, 0.2) is 0 Å². The van der Waals surface area contributed by atoms with Crippen LogP contribution in [0.2, 0.25) is 0 Å². The maximum atomic E-state index is 10.9. The van der Waals surface area contributed by atoms with E-state index >= 15 is 0 Å². The molecule has 0 saturated carbocycles. The Balaban J connectivity index is 2.23. The van der Waals surface area contributed by atoms with Gasteiger partial charge in [-0.15, -0.1) is 0 Å². The molecule has 0 amide bonds. The predicted molar refractivity (Wildman–Crippen MR) is 88.6 cm³/mol. The number of hydrogen-bond donors (Lipinski definition) is 1. The quantitative estimate of drug-likeness (QED) is 0.750. The van der Waals surface area contributed by atoms with Crippen molar-refractivity contribution in [2.45, 2.75) is 6.92 Å².